The van der Waals surface area contributed by atoms with Gasteiger partial charge in [0.2, 0.25) is 0 Å². The summed E-state index contributed by atoms with van der Waals surface area (Å²) in [5.74, 6) is -0.338. The summed E-state index contributed by atoms with van der Waals surface area (Å²) < 4.78 is 4.86. The number of ether oxygens (including phenoxy) is 1. The van der Waals surface area contributed by atoms with Crippen LogP contribution in [0.1, 0.15) is 53.6 Å². The maximum Gasteiger partial charge on any atom is 0.338 e. The molecular formula is C23H28N2O2S. The molecule has 3 rings (SSSR count). The SMILES string of the molecule is COC(=O)c1cccc(NC(=S)NC2(CCc3ccccc3)CCCC2)c1C. The van der Waals surface area contributed by atoms with Crippen molar-refractivity contribution in [1.29, 1.82) is 0 Å². The molecule has 148 valence electrons. The van der Waals surface area contributed by atoms with Crippen LogP contribution in [-0.2, 0) is 11.2 Å². The molecule has 0 atom stereocenters. The molecule has 0 heterocycles. The number of carbonyl (C=O) groups is 1. The van der Waals surface area contributed by atoms with Gasteiger partial charge in [-0.05, 0) is 68.1 Å². The van der Waals surface area contributed by atoms with Crippen LogP contribution in [0.3, 0.4) is 0 Å². The van der Waals surface area contributed by atoms with Gasteiger partial charge in [0, 0.05) is 11.2 Å². The molecule has 0 unspecified atom stereocenters. The summed E-state index contributed by atoms with van der Waals surface area (Å²) >= 11 is 5.63. The Morgan fingerprint density at radius 2 is 1.82 bits per heavy atom. The second-order valence-electron chi connectivity index (χ2n) is 7.52. The van der Waals surface area contributed by atoms with E-state index in [0.717, 1.165) is 36.9 Å². The highest BCUT2D eigenvalue weighted by atomic mass is 32.1. The second kappa shape index (κ2) is 9.20. The molecule has 0 aromatic heterocycles. The first-order chi connectivity index (χ1) is 13.5. The number of benzene rings is 2. The lowest BCUT2D eigenvalue weighted by atomic mass is 9.89. The molecule has 0 amide bonds. The van der Waals surface area contributed by atoms with E-state index in [1.54, 1.807) is 6.07 Å². The Labute approximate surface area is 172 Å². The minimum absolute atomic E-state index is 0.0355. The number of rotatable bonds is 6. The van der Waals surface area contributed by atoms with Crippen molar-refractivity contribution in [2.75, 3.05) is 12.4 Å². The molecule has 1 saturated carbocycles. The number of nitrogens with one attached hydrogen (secondary N) is 2. The number of esters is 1. The molecule has 1 fully saturated rings. The topological polar surface area (TPSA) is 50.4 Å². The zero-order valence-electron chi connectivity index (χ0n) is 16.6. The highest BCUT2D eigenvalue weighted by Gasteiger charge is 2.34. The van der Waals surface area contributed by atoms with E-state index in [0.29, 0.717) is 10.7 Å². The Bertz CT molecular complexity index is 830. The summed E-state index contributed by atoms with van der Waals surface area (Å²) in [7, 11) is 1.39. The summed E-state index contributed by atoms with van der Waals surface area (Å²) in [5.41, 5.74) is 3.61. The first-order valence-electron chi connectivity index (χ1n) is 9.84. The van der Waals surface area contributed by atoms with Crippen LogP contribution in [0.5, 0.6) is 0 Å². The van der Waals surface area contributed by atoms with Crippen molar-refractivity contribution in [2.45, 2.75) is 51.0 Å². The van der Waals surface area contributed by atoms with Gasteiger partial charge in [0.05, 0.1) is 12.7 Å². The van der Waals surface area contributed by atoms with E-state index in [1.165, 1.54) is 25.5 Å². The number of thiocarbonyl (C=S) groups is 1. The Morgan fingerprint density at radius 1 is 1.11 bits per heavy atom. The van der Waals surface area contributed by atoms with Gasteiger partial charge in [-0.25, -0.2) is 4.79 Å². The van der Waals surface area contributed by atoms with Crippen molar-refractivity contribution in [1.82, 2.24) is 5.32 Å². The Morgan fingerprint density at radius 3 is 2.50 bits per heavy atom. The molecule has 4 nitrogen and oxygen atoms in total. The molecule has 0 spiro atoms. The lowest BCUT2D eigenvalue weighted by Crippen LogP contribution is -2.48. The molecule has 2 aromatic carbocycles. The maximum atomic E-state index is 11.9. The van der Waals surface area contributed by atoms with Crippen LogP contribution in [0.25, 0.3) is 0 Å². The third-order valence-corrected chi connectivity index (χ3v) is 5.87. The predicted molar refractivity (Wildman–Crippen MR) is 118 cm³/mol. The molecular weight excluding hydrogens is 368 g/mol. The monoisotopic (exact) mass is 396 g/mol. The van der Waals surface area contributed by atoms with Crippen molar-refractivity contribution < 1.29 is 9.53 Å². The summed E-state index contributed by atoms with van der Waals surface area (Å²) in [4.78, 5) is 11.9. The van der Waals surface area contributed by atoms with Gasteiger partial charge in [0.1, 0.15) is 0 Å². The van der Waals surface area contributed by atoms with E-state index in [-0.39, 0.29) is 11.5 Å². The van der Waals surface area contributed by atoms with Gasteiger partial charge in [-0.2, -0.15) is 0 Å². The Hall–Kier alpha value is -2.40. The fourth-order valence-electron chi connectivity index (χ4n) is 4.01. The lowest BCUT2D eigenvalue weighted by molar-refractivity contribution is 0.0600. The van der Waals surface area contributed by atoms with Crippen molar-refractivity contribution in [3.8, 4) is 0 Å². The van der Waals surface area contributed by atoms with Gasteiger partial charge in [-0.1, -0.05) is 49.2 Å². The molecule has 2 aromatic rings. The van der Waals surface area contributed by atoms with Gasteiger partial charge >= 0.3 is 5.97 Å². The first-order valence-corrected chi connectivity index (χ1v) is 10.2. The smallest absolute Gasteiger partial charge is 0.338 e. The Kier molecular flexibility index (Phi) is 6.68. The van der Waals surface area contributed by atoms with Gasteiger partial charge < -0.3 is 15.4 Å². The zero-order chi connectivity index (χ0) is 20.0. The average Bonchev–Trinajstić information content (AvgIpc) is 3.17. The standard InChI is InChI=1S/C23H28N2O2S/c1-17-19(21(26)27-2)11-8-12-20(17)24-22(28)25-23(14-6-7-15-23)16-13-18-9-4-3-5-10-18/h3-5,8-12H,6-7,13-16H2,1-2H3,(H2,24,25,28). The maximum absolute atomic E-state index is 11.9. The number of anilines is 1. The van der Waals surface area contributed by atoms with E-state index >= 15 is 0 Å². The number of carbonyl (C=O) groups excluding carboxylic acids is 1. The Balaban J connectivity index is 1.67. The highest BCUT2D eigenvalue weighted by Crippen LogP contribution is 2.34. The van der Waals surface area contributed by atoms with Gasteiger partial charge in [0.25, 0.3) is 0 Å². The molecule has 5 heteroatoms. The third-order valence-electron chi connectivity index (χ3n) is 5.66. The summed E-state index contributed by atoms with van der Waals surface area (Å²) in [6.45, 7) is 1.90. The molecule has 2 N–H and O–H groups in total. The molecule has 28 heavy (non-hydrogen) atoms. The van der Waals surface area contributed by atoms with E-state index in [2.05, 4.69) is 41.0 Å². The van der Waals surface area contributed by atoms with Crippen LogP contribution >= 0.6 is 12.2 Å². The van der Waals surface area contributed by atoms with Crippen LogP contribution < -0.4 is 10.6 Å². The van der Waals surface area contributed by atoms with Crippen molar-refractivity contribution >= 4 is 29.0 Å². The molecule has 0 bridgehead atoms. The fraction of sp³-hybridized carbons (Fsp3) is 0.391. The minimum Gasteiger partial charge on any atom is -0.465 e. The molecule has 1 aliphatic rings. The molecule has 0 aliphatic heterocycles. The van der Waals surface area contributed by atoms with E-state index in [9.17, 15) is 4.79 Å². The minimum atomic E-state index is -0.338. The highest BCUT2D eigenvalue weighted by molar-refractivity contribution is 7.80. The van der Waals surface area contributed by atoms with Crippen LogP contribution in [0.2, 0.25) is 0 Å². The largest absolute Gasteiger partial charge is 0.465 e. The summed E-state index contributed by atoms with van der Waals surface area (Å²) in [6.07, 6.45) is 6.79. The average molecular weight is 397 g/mol. The van der Waals surface area contributed by atoms with Crippen molar-refractivity contribution in [3.63, 3.8) is 0 Å². The fourth-order valence-corrected chi connectivity index (χ4v) is 4.34. The van der Waals surface area contributed by atoms with Gasteiger partial charge in [0.15, 0.2) is 5.11 Å². The third kappa shape index (κ3) is 4.90. The van der Waals surface area contributed by atoms with E-state index in [4.69, 9.17) is 17.0 Å². The predicted octanol–water partition coefficient (Wildman–Crippen LogP) is 5.01. The van der Waals surface area contributed by atoms with Crippen molar-refractivity contribution in [2.24, 2.45) is 0 Å². The second-order valence-corrected chi connectivity index (χ2v) is 7.93. The molecule has 0 saturated heterocycles. The van der Waals surface area contributed by atoms with E-state index < -0.39 is 0 Å². The lowest BCUT2D eigenvalue weighted by Gasteiger charge is -2.32. The number of hydrogen-bond acceptors (Lipinski definition) is 3. The van der Waals surface area contributed by atoms with Crippen LogP contribution in [0.4, 0.5) is 5.69 Å². The normalized spacial score (nSPS) is 15.1. The molecule has 0 radical (unpaired) electrons. The van der Waals surface area contributed by atoms with Crippen LogP contribution in [0.15, 0.2) is 48.5 Å². The van der Waals surface area contributed by atoms with Crippen LogP contribution in [-0.4, -0.2) is 23.7 Å². The number of methoxy groups -OCH3 is 1. The van der Waals surface area contributed by atoms with Gasteiger partial charge in [-0.15, -0.1) is 0 Å². The number of hydrogen-bond donors (Lipinski definition) is 2. The number of aryl methyl sites for hydroxylation is 1. The quantitative estimate of drug-likeness (QED) is 0.531. The zero-order valence-corrected chi connectivity index (χ0v) is 17.4. The molecule has 1 aliphatic carbocycles. The van der Waals surface area contributed by atoms with Crippen LogP contribution in [0, 0.1) is 6.92 Å². The first kappa shape index (κ1) is 20.3. The summed E-state index contributed by atoms with van der Waals surface area (Å²) in [5, 5.41) is 7.51. The summed E-state index contributed by atoms with van der Waals surface area (Å²) in [6, 6.07) is 16.1. The van der Waals surface area contributed by atoms with Gasteiger partial charge in [-0.3, -0.25) is 0 Å². The van der Waals surface area contributed by atoms with Crippen molar-refractivity contribution in [3.05, 3.63) is 65.2 Å². The van der Waals surface area contributed by atoms with E-state index in [1.807, 2.05) is 19.1 Å².